The van der Waals surface area contributed by atoms with Crippen molar-refractivity contribution in [3.8, 4) is 11.4 Å². The molecule has 142 valence electrons. The van der Waals surface area contributed by atoms with Crippen molar-refractivity contribution < 1.29 is 27.3 Å². The van der Waals surface area contributed by atoms with Crippen LogP contribution in [0.2, 0.25) is 0 Å². The number of hydrogen-bond donors (Lipinski definition) is 1. The first-order valence-electron chi connectivity index (χ1n) is 7.87. The van der Waals surface area contributed by atoms with E-state index in [1.54, 1.807) is 6.92 Å². The molecule has 0 radical (unpaired) electrons. The quantitative estimate of drug-likeness (QED) is 0.632. The molecule has 11 heteroatoms. The van der Waals surface area contributed by atoms with Crippen LogP contribution in [0.4, 0.5) is 13.2 Å². The van der Waals surface area contributed by atoms with Gasteiger partial charge in [-0.1, -0.05) is 34.6 Å². The molecule has 2 aromatic rings. The average molecular weight is 381 g/mol. The lowest BCUT2D eigenvalue weighted by Crippen LogP contribution is -2.53. The topological polar surface area (TPSA) is 105 Å². The molecule has 0 atom stereocenters. The van der Waals surface area contributed by atoms with Crippen molar-refractivity contribution in [2.75, 3.05) is 19.7 Å². The molecule has 0 unspecified atom stereocenters. The fourth-order valence-corrected chi connectivity index (χ4v) is 2.27. The highest BCUT2D eigenvalue weighted by Crippen LogP contribution is 2.29. The Morgan fingerprint density at radius 2 is 2.00 bits per heavy atom. The fourth-order valence-electron chi connectivity index (χ4n) is 2.27. The third-order valence-corrected chi connectivity index (χ3v) is 3.67. The van der Waals surface area contributed by atoms with Gasteiger partial charge in [-0.15, -0.1) is 0 Å². The number of rotatable bonds is 5. The first-order chi connectivity index (χ1) is 12.8. The van der Waals surface area contributed by atoms with Crippen LogP contribution >= 0.6 is 0 Å². The number of carbonyl (C=O) groups excluding carboxylic acids is 1. The number of likely N-dealkylation sites (tertiary alicyclic amines) is 1. The summed E-state index contributed by atoms with van der Waals surface area (Å²) in [5, 5.41) is 15.1. The fraction of sp³-hybridized carbons (Fsp3) is 0.312. The normalized spacial score (nSPS) is 13.9. The molecule has 1 amide bonds. The number of oxime groups is 1. The minimum Gasteiger partial charge on any atom is -0.396 e. The molecule has 1 aliphatic heterocycles. The maximum Gasteiger partial charge on any atom is 0.471 e. The molecule has 1 aromatic carbocycles. The molecule has 1 saturated heterocycles. The van der Waals surface area contributed by atoms with E-state index in [1.807, 2.05) is 0 Å². The Bertz CT molecular complexity index is 881. The average Bonchev–Trinajstić information content (AvgIpc) is 3.10. The Hall–Kier alpha value is -3.24. The third kappa shape index (κ3) is 3.96. The van der Waals surface area contributed by atoms with Crippen LogP contribution in [0.1, 0.15) is 18.4 Å². The Morgan fingerprint density at radius 1 is 1.33 bits per heavy atom. The molecule has 27 heavy (non-hydrogen) atoms. The van der Waals surface area contributed by atoms with Gasteiger partial charge in [-0.25, -0.2) is 0 Å². The summed E-state index contributed by atoms with van der Waals surface area (Å²) in [6.07, 6.45) is -4.72. The molecule has 0 spiro atoms. The number of nitrogens with zero attached hydrogens (tertiary/aromatic N) is 4. The molecule has 2 heterocycles. The van der Waals surface area contributed by atoms with Crippen LogP contribution < -0.4 is 0 Å². The number of carbonyl (C=O) groups is 1. The van der Waals surface area contributed by atoms with E-state index in [4.69, 9.17) is 10.2 Å². The lowest BCUT2D eigenvalue weighted by molar-refractivity contribution is -0.159. The smallest absolute Gasteiger partial charge is 0.396 e. The highest BCUT2D eigenvalue weighted by atomic mass is 19.4. The summed E-state index contributed by atoms with van der Waals surface area (Å²) in [7, 11) is 0. The van der Waals surface area contributed by atoms with Crippen molar-refractivity contribution >= 4 is 17.3 Å². The van der Waals surface area contributed by atoms with Crippen LogP contribution in [0.3, 0.4) is 0 Å². The first kappa shape index (κ1) is 18.5. The lowest BCUT2D eigenvalue weighted by Gasteiger charge is -2.32. The summed E-state index contributed by atoms with van der Waals surface area (Å²) >= 11 is 0. The van der Waals surface area contributed by atoms with E-state index < -0.39 is 18.0 Å². The van der Waals surface area contributed by atoms with Gasteiger partial charge in [-0.2, -0.15) is 18.2 Å². The molecule has 0 bridgehead atoms. The number of benzene rings is 1. The predicted octanol–water partition coefficient (Wildman–Crippen LogP) is 2.36. The van der Waals surface area contributed by atoms with Gasteiger partial charge in [0.1, 0.15) is 12.3 Å². The highest BCUT2D eigenvalue weighted by Gasteiger charge is 2.38. The van der Waals surface area contributed by atoms with Gasteiger partial charge in [-0.05, 0) is 6.92 Å². The van der Waals surface area contributed by atoms with Crippen molar-refractivity contribution in [1.29, 1.82) is 5.41 Å². The number of nitrogens with one attached hydrogen (secondary N) is 1. The Balaban J connectivity index is 1.66. The molecule has 1 fully saturated rings. The van der Waals surface area contributed by atoms with Gasteiger partial charge in [0.2, 0.25) is 5.82 Å². The van der Waals surface area contributed by atoms with Gasteiger partial charge in [0, 0.05) is 11.1 Å². The summed E-state index contributed by atoms with van der Waals surface area (Å²) in [6.45, 7) is 2.82. The van der Waals surface area contributed by atoms with Gasteiger partial charge < -0.3 is 14.3 Å². The maximum absolute atomic E-state index is 12.5. The molecule has 0 saturated carbocycles. The van der Waals surface area contributed by atoms with Crippen molar-refractivity contribution in [1.82, 2.24) is 15.0 Å². The molecule has 8 nitrogen and oxygen atoms in total. The van der Waals surface area contributed by atoms with Gasteiger partial charge in [0.05, 0.1) is 18.8 Å². The standard InChI is InChI=1S/C16H14F3N5O3/c1-2-26-22-11-7-24(8-11)14(25)12(20)9-3-5-10(6-4-9)13-21-15(27-23-13)16(17,18)19/h3-6,20H,2,7-8H2,1H3. The Morgan fingerprint density at radius 3 is 2.56 bits per heavy atom. The van der Waals surface area contributed by atoms with Crippen molar-refractivity contribution in [2.24, 2.45) is 5.16 Å². The third-order valence-electron chi connectivity index (χ3n) is 3.67. The van der Waals surface area contributed by atoms with Crippen molar-refractivity contribution in [3.05, 3.63) is 35.7 Å². The van der Waals surface area contributed by atoms with Crippen LogP contribution in [0.15, 0.2) is 33.9 Å². The molecule has 3 rings (SSSR count). The minimum absolute atomic E-state index is 0.230. The summed E-state index contributed by atoms with van der Waals surface area (Å²) < 4.78 is 41.7. The zero-order valence-electron chi connectivity index (χ0n) is 14.1. The van der Waals surface area contributed by atoms with Crippen LogP contribution in [-0.2, 0) is 15.8 Å². The molecule has 1 N–H and O–H groups in total. The van der Waals surface area contributed by atoms with Crippen molar-refractivity contribution in [2.45, 2.75) is 13.1 Å². The second-order valence-electron chi connectivity index (χ2n) is 5.61. The Labute approximate surface area is 151 Å². The largest absolute Gasteiger partial charge is 0.471 e. The van der Waals surface area contributed by atoms with Gasteiger partial charge >= 0.3 is 12.1 Å². The van der Waals surface area contributed by atoms with Gasteiger partial charge in [0.25, 0.3) is 5.91 Å². The molecule has 1 aliphatic rings. The van der Waals surface area contributed by atoms with Crippen LogP contribution in [0.25, 0.3) is 11.4 Å². The number of aromatic nitrogens is 2. The van der Waals surface area contributed by atoms with Crippen LogP contribution in [0, 0.1) is 5.41 Å². The zero-order chi connectivity index (χ0) is 19.6. The van der Waals surface area contributed by atoms with Crippen molar-refractivity contribution in [3.63, 3.8) is 0 Å². The van der Waals surface area contributed by atoms with E-state index in [-0.39, 0.29) is 17.1 Å². The van der Waals surface area contributed by atoms with E-state index in [1.165, 1.54) is 29.2 Å². The summed E-state index contributed by atoms with van der Waals surface area (Å²) in [5.74, 6) is -2.14. The number of hydrogen-bond acceptors (Lipinski definition) is 7. The van der Waals surface area contributed by atoms with E-state index in [9.17, 15) is 18.0 Å². The van der Waals surface area contributed by atoms with E-state index in [0.29, 0.717) is 31.0 Å². The minimum atomic E-state index is -4.72. The molecule has 1 aromatic heterocycles. The summed E-state index contributed by atoms with van der Waals surface area (Å²) in [4.78, 5) is 21.9. The van der Waals surface area contributed by atoms with E-state index >= 15 is 0 Å². The zero-order valence-corrected chi connectivity index (χ0v) is 14.1. The molecular formula is C16H14F3N5O3. The number of amides is 1. The van der Waals surface area contributed by atoms with E-state index in [2.05, 4.69) is 19.8 Å². The van der Waals surface area contributed by atoms with Crippen LogP contribution in [0.5, 0.6) is 0 Å². The second kappa shape index (κ2) is 7.17. The van der Waals surface area contributed by atoms with Crippen LogP contribution in [-0.4, -0.2) is 52.1 Å². The van der Waals surface area contributed by atoms with Gasteiger partial charge in [0.15, 0.2) is 0 Å². The summed E-state index contributed by atoms with van der Waals surface area (Å²) in [6, 6.07) is 5.71. The molecular weight excluding hydrogens is 367 g/mol. The monoisotopic (exact) mass is 381 g/mol. The number of alkyl halides is 3. The SMILES string of the molecule is CCON=C1CN(C(=O)C(=N)c2ccc(-c3noc(C(F)(F)F)n3)cc2)C1. The van der Waals surface area contributed by atoms with Gasteiger partial charge in [-0.3, -0.25) is 10.2 Å². The Kier molecular flexibility index (Phi) is 4.93. The maximum atomic E-state index is 12.5. The first-order valence-corrected chi connectivity index (χ1v) is 7.87. The molecule has 0 aliphatic carbocycles. The second-order valence-corrected chi connectivity index (χ2v) is 5.61. The summed E-state index contributed by atoms with van der Waals surface area (Å²) in [5.41, 5.74) is 1.07. The highest BCUT2D eigenvalue weighted by molar-refractivity contribution is 6.45. The number of halogens is 3. The lowest BCUT2D eigenvalue weighted by atomic mass is 10.0. The predicted molar refractivity (Wildman–Crippen MR) is 87.2 cm³/mol. The van der Waals surface area contributed by atoms with E-state index in [0.717, 1.165) is 0 Å².